The maximum absolute atomic E-state index is 11.4. The zero-order chi connectivity index (χ0) is 16.3. The second-order valence-electron chi connectivity index (χ2n) is 4.97. The molecule has 2 rings (SSSR count). The van der Waals surface area contributed by atoms with Gasteiger partial charge in [0.15, 0.2) is 5.78 Å². The van der Waals surface area contributed by atoms with Gasteiger partial charge in [0, 0.05) is 9.90 Å². The number of aryl methyl sites for hydroxylation is 2. The number of hydrogen-bond donors (Lipinski definition) is 1. The molecule has 0 aliphatic rings. The van der Waals surface area contributed by atoms with E-state index in [1.807, 2.05) is 12.1 Å². The van der Waals surface area contributed by atoms with Crippen LogP contribution < -0.4 is 5.14 Å². The standard InChI is InChI=1S/C15H16ClNO3S2/c1-10(18)15-8-5-12(21-15)4-2-3-11-9-13(22(17,19)20)6-7-14(11)16/h5-9H,2-4H2,1H3,(H2,17,19,20). The zero-order valence-corrected chi connectivity index (χ0v) is 14.4. The van der Waals surface area contributed by atoms with Gasteiger partial charge in [-0.1, -0.05) is 11.6 Å². The van der Waals surface area contributed by atoms with Crippen molar-refractivity contribution in [3.8, 4) is 0 Å². The fourth-order valence-corrected chi connectivity index (χ4v) is 3.80. The van der Waals surface area contributed by atoms with Crippen LogP contribution in [-0.4, -0.2) is 14.2 Å². The number of nitrogens with two attached hydrogens (primary N) is 1. The van der Waals surface area contributed by atoms with Crippen LogP contribution in [0.15, 0.2) is 35.2 Å². The molecule has 4 nitrogen and oxygen atoms in total. The molecule has 22 heavy (non-hydrogen) atoms. The van der Waals surface area contributed by atoms with Crippen molar-refractivity contribution < 1.29 is 13.2 Å². The molecule has 1 aromatic carbocycles. The van der Waals surface area contributed by atoms with Crippen LogP contribution in [0.3, 0.4) is 0 Å². The van der Waals surface area contributed by atoms with E-state index in [4.69, 9.17) is 16.7 Å². The number of Topliss-reactive ketones (excluding diaryl/α,β-unsaturated/α-hetero) is 1. The molecule has 2 N–H and O–H groups in total. The van der Waals surface area contributed by atoms with E-state index in [1.54, 1.807) is 13.0 Å². The van der Waals surface area contributed by atoms with Crippen molar-refractivity contribution in [1.82, 2.24) is 0 Å². The number of hydrogen-bond acceptors (Lipinski definition) is 4. The zero-order valence-electron chi connectivity index (χ0n) is 12.0. The fourth-order valence-electron chi connectivity index (χ4n) is 2.07. The Morgan fingerprint density at radius 1 is 1.23 bits per heavy atom. The lowest BCUT2D eigenvalue weighted by Crippen LogP contribution is -2.12. The van der Waals surface area contributed by atoms with E-state index in [0.717, 1.165) is 28.2 Å². The third-order valence-electron chi connectivity index (χ3n) is 3.22. The molecule has 0 spiro atoms. The molecule has 0 aliphatic heterocycles. The van der Waals surface area contributed by atoms with Crippen molar-refractivity contribution in [3.05, 3.63) is 50.7 Å². The van der Waals surface area contributed by atoms with Crippen molar-refractivity contribution in [2.24, 2.45) is 5.14 Å². The molecule has 0 amide bonds. The summed E-state index contributed by atoms with van der Waals surface area (Å²) >= 11 is 7.59. The quantitative estimate of drug-likeness (QED) is 0.804. The molecule has 0 atom stereocenters. The fraction of sp³-hybridized carbons (Fsp3) is 0.267. The Hall–Kier alpha value is -1.21. The summed E-state index contributed by atoms with van der Waals surface area (Å²) in [5, 5.41) is 5.66. The maximum atomic E-state index is 11.4. The Kier molecular flexibility index (Phi) is 5.39. The number of ketones is 1. The summed E-state index contributed by atoms with van der Waals surface area (Å²) in [5.41, 5.74) is 0.761. The van der Waals surface area contributed by atoms with E-state index in [2.05, 4.69) is 0 Å². The predicted molar refractivity (Wildman–Crippen MR) is 89.2 cm³/mol. The van der Waals surface area contributed by atoms with Crippen LogP contribution in [0.5, 0.6) is 0 Å². The van der Waals surface area contributed by atoms with Crippen LogP contribution in [0.25, 0.3) is 0 Å². The molecule has 2 aromatic rings. The van der Waals surface area contributed by atoms with E-state index in [9.17, 15) is 13.2 Å². The molecule has 0 bridgehead atoms. The van der Waals surface area contributed by atoms with Crippen molar-refractivity contribution in [2.45, 2.75) is 31.1 Å². The third kappa shape index (κ3) is 4.39. The van der Waals surface area contributed by atoms with Crippen LogP contribution in [0.1, 0.15) is 33.5 Å². The Morgan fingerprint density at radius 2 is 1.95 bits per heavy atom. The third-order valence-corrected chi connectivity index (χ3v) is 5.75. The average molecular weight is 358 g/mol. The van der Waals surface area contributed by atoms with E-state index < -0.39 is 10.0 Å². The highest BCUT2D eigenvalue weighted by Gasteiger charge is 2.11. The summed E-state index contributed by atoms with van der Waals surface area (Å²) in [6.07, 6.45) is 2.27. The second-order valence-corrected chi connectivity index (χ2v) is 8.11. The summed E-state index contributed by atoms with van der Waals surface area (Å²) in [6.45, 7) is 1.55. The minimum Gasteiger partial charge on any atom is -0.294 e. The van der Waals surface area contributed by atoms with Crippen molar-refractivity contribution >= 4 is 38.7 Å². The molecule has 1 heterocycles. The van der Waals surface area contributed by atoms with E-state index >= 15 is 0 Å². The van der Waals surface area contributed by atoms with Gasteiger partial charge in [-0.15, -0.1) is 11.3 Å². The molecule has 0 saturated carbocycles. The van der Waals surface area contributed by atoms with Crippen LogP contribution in [0, 0.1) is 0 Å². The molecule has 7 heteroatoms. The number of carbonyl (C=O) groups is 1. The summed E-state index contributed by atoms with van der Waals surface area (Å²) in [4.78, 5) is 13.2. The Balaban J connectivity index is 2.03. The Morgan fingerprint density at radius 3 is 2.55 bits per heavy atom. The van der Waals surface area contributed by atoms with Crippen LogP contribution >= 0.6 is 22.9 Å². The largest absolute Gasteiger partial charge is 0.294 e. The molecule has 1 aromatic heterocycles. The first-order valence-electron chi connectivity index (χ1n) is 6.68. The summed E-state index contributed by atoms with van der Waals surface area (Å²) in [5.74, 6) is 0.0696. The minimum absolute atomic E-state index is 0.0696. The molecule has 0 radical (unpaired) electrons. The van der Waals surface area contributed by atoms with Gasteiger partial charge < -0.3 is 0 Å². The second kappa shape index (κ2) is 6.91. The van der Waals surface area contributed by atoms with Gasteiger partial charge in [-0.2, -0.15) is 0 Å². The van der Waals surface area contributed by atoms with Gasteiger partial charge >= 0.3 is 0 Å². The molecular formula is C15H16ClNO3S2. The van der Waals surface area contributed by atoms with Crippen LogP contribution in [-0.2, 0) is 22.9 Å². The van der Waals surface area contributed by atoms with E-state index in [0.29, 0.717) is 11.4 Å². The molecule has 118 valence electrons. The molecule has 0 aliphatic carbocycles. The number of benzene rings is 1. The van der Waals surface area contributed by atoms with E-state index in [1.165, 1.54) is 23.5 Å². The molecule has 0 fully saturated rings. The van der Waals surface area contributed by atoms with Crippen molar-refractivity contribution in [3.63, 3.8) is 0 Å². The first-order valence-corrected chi connectivity index (χ1v) is 9.42. The Labute approximate surface area is 139 Å². The van der Waals surface area contributed by atoms with Gasteiger partial charge in [0.25, 0.3) is 0 Å². The molecular weight excluding hydrogens is 342 g/mol. The summed E-state index contributed by atoms with van der Waals surface area (Å²) in [6, 6.07) is 8.25. The van der Waals surface area contributed by atoms with Gasteiger partial charge in [-0.3, -0.25) is 4.79 Å². The van der Waals surface area contributed by atoms with Crippen LogP contribution in [0.4, 0.5) is 0 Å². The summed E-state index contributed by atoms with van der Waals surface area (Å²) < 4.78 is 22.7. The lowest BCUT2D eigenvalue weighted by molar-refractivity contribution is 0.102. The normalized spacial score (nSPS) is 11.6. The van der Waals surface area contributed by atoms with Gasteiger partial charge in [0.2, 0.25) is 10.0 Å². The van der Waals surface area contributed by atoms with E-state index in [-0.39, 0.29) is 10.7 Å². The number of primary sulfonamides is 1. The van der Waals surface area contributed by atoms with Gasteiger partial charge in [-0.05, 0) is 62.1 Å². The number of carbonyl (C=O) groups excluding carboxylic acids is 1. The lowest BCUT2D eigenvalue weighted by Gasteiger charge is -2.06. The Bertz CT molecular complexity index is 797. The predicted octanol–water partition coefficient (Wildman–Crippen LogP) is 3.43. The maximum Gasteiger partial charge on any atom is 0.238 e. The smallest absolute Gasteiger partial charge is 0.238 e. The first-order chi connectivity index (χ1) is 10.3. The minimum atomic E-state index is -3.72. The van der Waals surface area contributed by atoms with Crippen molar-refractivity contribution in [1.29, 1.82) is 0 Å². The number of thiophene rings is 1. The average Bonchev–Trinajstić information content (AvgIpc) is 2.88. The highest BCUT2D eigenvalue weighted by Crippen LogP contribution is 2.23. The number of rotatable bonds is 6. The summed E-state index contributed by atoms with van der Waals surface area (Å²) in [7, 11) is -3.72. The van der Waals surface area contributed by atoms with Gasteiger partial charge in [-0.25, -0.2) is 13.6 Å². The molecule has 0 saturated heterocycles. The molecule has 0 unspecified atom stereocenters. The van der Waals surface area contributed by atoms with Gasteiger partial charge in [0.1, 0.15) is 0 Å². The van der Waals surface area contributed by atoms with Crippen molar-refractivity contribution in [2.75, 3.05) is 0 Å². The topological polar surface area (TPSA) is 77.2 Å². The first kappa shape index (κ1) is 17.1. The highest BCUT2D eigenvalue weighted by molar-refractivity contribution is 7.89. The monoisotopic (exact) mass is 357 g/mol. The number of sulfonamides is 1. The SMILES string of the molecule is CC(=O)c1ccc(CCCc2cc(S(N)(=O)=O)ccc2Cl)s1. The lowest BCUT2D eigenvalue weighted by atomic mass is 10.1. The highest BCUT2D eigenvalue weighted by atomic mass is 35.5. The number of halogens is 1. The van der Waals surface area contributed by atoms with Gasteiger partial charge in [0.05, 0.1) is 9.77 Å². The van der Waals surface area contributed by atoms with Crippen LogP contribution in [0.2, 0.25) is 5.02 Å².